The molecule has 0 aliphatic heterocycles. The third kappa shape index (κ3) is 5.96. The molecule has 0 aliphatic carbocycles. The van der Waals surface area contributed by atoms with Gasteiger partial charge in [-0.25, -0.2) is 0 Å². The smallest absolute Gasteiger partial charge is 0.252 e. The van der Waals surface area contributed by atoms with Gasteiger partial charge in [0.05, 0.1) is 0 Å². The first-order valence-corrected chi connectivity index (χ1v) is 8.29. The zero-order chi connectivity index (χ0) is 17.1. The number of hydrogen-bond donors (Lipinski definition) is 2. The van der Waals surface area contributed by atoms with Crippen molar-refractivity contribution in [3.63, 3.8) is 0 Å². The molecule has 2 N–H and O–H groups in total. The first-order chi connectivity index (χ1) is 9.91. The van der Waals surface area contributed by atoms with Crippen molar-refractivity contribution < 1.29 is 4.79 Å². The predicted octanol–water partition coefficient (Wildman–Crippen LogP) is 4.41. The molecule has 0 bridgehead atoms. The molecule has 1 atom stereocenters. The van der Waals surface area contributed by atoms with Crippen LogP contribution in [0.1, 0.15) is 50.5 Å². The van der Waals surface area contributed by atoms with Crippen molar-refractivity contribution in [2.45, 2.75) is 56.0 Å². The van der Waals surface area contributed by atoms with Crippen LogP contribution in [-0.4, -0.2) is 21.9 Å². The Balaban J connectivity index is 2.86. The molecule has 0 spiro atoms. The van der Waals surface area contributed by atoms with Crippen molar-refractivity contribution in [1.29, 1.82) is 0 Å². The number of rotatable bonds is 4. The van der Waals surface area contributed by atoms with Crippen LogP contribution in [0.3, 0.4) is 0 Å². The van der Waals surface area contributed by atoms with Gasteiger partial charge >= 0.3 is 0 Å². The second kappa shape index (κ2) is 7.39. The van der Waals surface area contributed by atoms with Crippen LogP contribution in [0.15, 0.2) is 24.3 Å². The standard InChI is InChI=1S/C16H23Cl3N2O/c1-10(2)20-14(16(17,18)19)21-13(22)11-6-8-12(9-7-11)15(3,4)5/h6-10,14,20H,1-5H3,(H,21,22)/t14-/m0/s1. The molecule has 1 amide bonds. The fourth-order valence-electron chi connectivity index (χ4n) is 1.89. The van der Waals surface area contributed by atoms with Crippen LogP contribution >= 0.6 is 34.8 Å². The van der Waals surface area contributed by atoms with Crippen LogP contribution in [0.4, 0.5) is 0 Å². The minimum absolute atomic E-state index is 0.0360. The quantitative estimate of drug-likeness (QED) is 0.613. The molecule has 6 heteroatoms. The summed E-state index contributed by atoms with van der Waals surface area (Å²) in [6.07, 6.45) is -0.771. The van der Waals surface area contributed by atoms with Crippen LogP contribution in [0, 0.1) is 0 Å². The number of halogens is 3. The van der Waals surface area contributed by atoms with E-state index in [1.54, 1.807) is 12.1 Å². The van der Waals surface area contributed by atoms with Crippen molar-refractivity contribution in [3.05, 3.63) is 35.4 Å². The van der Waals surface area contributed by atoms with Gasteiger partial charge in [-0.1, -0.05) is 67.7 Å². The van der Waals surface area contributed by atoms with E-state index in [-0.39, 0.29) is 17.4 Å². The maximum absolute atomic E-state index is 12.3. The van der Waals surface area contributed by atoms with Gasteiger partial charge in [0.25, 0.3) is 5.91 Å². The second-order valence-electron chi connectivity index (χ2n) is 6.60. The summed E-state index contributed by atoms with van der Waals surface area (Å²) < 4.78 is -1.63. The van der Waals surface area contributed by atoms with E-state index in [0.717, 1.165) is 5.56 Å². The van der Waals surface area contributed by atoms with Crippen molar-refractivity contribution in [2.24, 2.45) is 0 Å². The van der Waals surface area contributed by atoms with E-state index in [0.29, 0.717) is 5.56 Å². The van der Waals surface area contributed by atoms with E-state index in [4.69, 9.17) is 34.8 Å². The molecule has 124 valence electrons. The maximum atomic E-state index is 12.3. The molecule has 1 aromatic carbocycles. The summed E-state index contributed by atoms with van der Waals surface area (Å²) in [7, 11) is 0. The molecule has 1 aromatic rings. The summed E-state index contributed by atoms with van der Waals surface area (Å²) in [6.45, 7) is 10.2. The Morgan fingerprint density at radius 2 is 1.55 bits per heavy atom. The third-order valence-electron chi connectivity index (χ3n) is 3.12. The molecule has 0 aliphatic rings. The summed E-state index contributed by atoms with van der Waals surface area (Å²) >= 11 is 17.7. The first kappa shape index (κ1) is 19.6. The summed E-state index contributed by atoms with van der Waals surface area (Å²) in [6, 6.07) is 7.50. The van der Waals surface area contributed by atoms with Crippen molar-refractivity contribution >= 4 is 40.7 Å². The van der Waals surface area contributed by atoms with Crippen molar-refractivity contribution in [2.75, 3.05) is 0 Å². The fraction of sp³-hybridized carbons (Fsp3) is 0.562. The molecule has 0 saturated heterocycles. The Morgan fingerprint density at radius 1 is 1.05 bits per heavy atom. The van der Waals surface area contributed by atoms with E-state index in [9.17, 15) is 4.79 Å². The molecule has 1 rings (SSSR count). The summed E-state index contributed by atoms with van der Waals surface area (Å²) in [5.74, 6) is -0.287. The number of carbonyl (C=O) groups excluding carboxylic acids is 1. The highest BCUT2D eigenvalue weighted by Crippen LogP contribution is 2.29. The number of hydrogen-bond acceptors (Lipinski definition) is 2. The highest BCUT2D eigenvalue weighted by molar-refractivity contribution is 6.68. The lowest BCUT2D eigenvalue weighted by atomic mass is 9.87. The van der Waals surface area contributed by atoms with Crippen LogP contribution in [-0.2, 0) is 5.41 Å². The highest BCUT2D eigenvalue weighted by Gasteiger charge is 2.34. The molecule has 0 saturated carbocycles. The van der Waals surface area contributed by atoms with Crippen LogP contribution in [0.2, 0.25) is 0 Å². The summed E-state index contributed by atoms with van der Waals surface area (Å²) in [4.78, 5) is 12.3. The van der Waals surface area contributed by atoms with Gasteiger partial charge in [0, 0.05) is 11.6 Å². The number of benzene rings is 1. The molecule has 0 aromatic heterocycles. The van der Waals surface area contributed by atoms with E-state index >= 15 is 0 Å². The van der Waals surface area contributed by atoms with Gasteiger partial charge in [-0.3, -0.25) is 10.1 Å². The van der Waals surface area contributed by atoms with E-state index in [1.807, 2.05) is 26.0 Å². The molecule has 0 heterocycles. The number of alkyl halides is 3. The number of amides is 1. The second-order valence-corrected chi connectivity index (χ2v) is 8.97. The molecule has 3 nitrogen and oxygen atoms in total. The normalized spacial score (nSPS) is 14.0. The zero-order valence-corrected chi connectivity index (χ0v) is 15.8. The van der Waals surface area contributed by atoms with E-state index in [2.05, 4.69) is 31.4 Å². The average molecular weight is 366 g/mol. The van der Waals surface area contributed by atoms with Gasteiger partial charge in [-0.05, 0) is 37.0 Å². The van der Waals surface area contributed by atoms with Gasteiger partial charge in [-0.2, -0.15) is 0 Å². The fourth-order valence-corrected chi connectivity index (χ4v) is 2.24. The van der Waals surface area contributed by atoms with Crippen LogP contribution < -0.4 is 10.6 Å². The topological polar surface area (TPSA) is 41.1 Å². The molecular weight excluding hydrogens is 343 g/mol. The van der Waals surface area contributed by atoms with Gasteiger partial charge in [0.1, 0.15) is 6.17 Å². The minimum Gasteiger partial charge on any atom is -0.333 e. The lowest BCUT2D eigenvalue weighted by Crippen LogP contribution is -2.55. The third-order valence-corrected chi connectivity index (χ3v) is 3.77. The average Bonchev–Trinajstić information content (AvgIpc) is 2.35. The number of nitrogens with one attached hydrogen (secondary N) is 2. The Morgan fingerprint density at radius 3 is 1.91 bits per heavy atom. The van der Waals surface area contributed by atoms with Gasteiger partial charge in [0.2, 0.25) is 3.79 Å². The Bertz CT molecular complexity index is 502. The van der Waals surface area contributed by atoms with Gasteiger partial charge < -0.3 is 5.32 Å². The van der Waals surface area contributed by atoms with Crippen LogP contribution in [0.25, 0.3) is 0 Å². The van der Waals surface area contributed by atoms with E-state index in [1.165, 1.54) is 0 Å². The summed E-state index contributed by atoms with van der Waals surface area (Å²) in [5.41, 5.74) is 1.72. The largest absolute Gasteiger partial charge is 0.333 e. The van der Waals surface area contributed by atoms with E-state index < -0.39 is 9.96 Å². The Hall–Kier alpha value is -0.480. The molecular formula is C16H23Cl3N2O. The van der Waals surface area contributed by atoms with Crippen molar-refractivity contribution in [3.8, 4) is 0 Å². The molecule has 0 radical (unpaired) electrons. The minimum atomic E-state index is -1.63. The van der Waals surface area contributed by atoms with Crippen molar-refractivity contribution in [1.82, 2.24) is 10.6 Å². The Kier molecular flexibility index (Phi) is 6.58. The van der Waals surface area contributed by atoms with Gasteiger partial charge in [0.15, 0.2) is 0 Å². The Labute approximate surface area is 147 Å². The lowest BCUT2D eigenvalue weighted by Gasteiger charge is -2.28. The maximum Gasteiger partial charge on any atom is 0.252 e. The molecule has 0 unspecified atom stereocenters. The monoisotopic (exact) mass is 364 g/mol. The zero-order valence-electron chi connectivity index (χ0n) is 13.5. The SMILES string of the molecule is CC(C)N[C@@H](NC(=O)c1ccc(C(C)(C)C)cc1)C(Cl)(Cl)Cl. The highest BCUT2D eigenvalue weighted by atomic mass is 35.6. The predicted molar refractivity (Wildman–Crippen MR) is 95.0 cm³/mol. The lowest BCUT2D eigenvalue weighted by molar-refractivity contribution is 0.0927. The first-order valence-electron chi connectivity index (χ1n) is 7.15. The number of carbonyl (C=O) groups is 1. The van der Waals surface area contributed by atoms with Crippen LogP contribution in [0.5, 0.6) is 0 Å². The van der Waals surface area contributed by atoms with Gasteiger partial charge in [-0.15, -0.1) is 0 Å². The molecule has 0 fully saturated rings. The summed E-state index contributed by atoms with van der Waals surface area (Å²) in [5, 5.41) is 5.75. The molecule has 22 heavy (non-hydrogen) atoms.